The number of carbonyl (C=O) groups excluding carboxylic acids is 1. The third-order valence-corrected chi connectivity index (χ3v) is 5.21. The number of ether oxygens (including phenoxy) is 1. The smallest absolute Gasteiger partial charge is 0.219 e. The van der Waals surface area contributed by atoms with Crippen LogP contribution in [0.3, 0.4) is 0 Å². The fourth-order valence-electron chi connectivity index (χ4n) is 3.30. The molecule has 5 nitrogen and oxygen atoms in total. The van der Waals surface area contributed by atoms with Crippen molar-refractivity contribution in [2.75, 3.05) is 13.2 Å². The van der Waals surface area contributed by atoms with Crippen LogP contribution in [-0.4, -0.2) is 39.8 Å². The minimum atomic E-state index is 0.108. The molecule has 2 aliphatic rings. The molecule has 1 atom stereocenters. The lowest BCUT2D eigenvalue weighted by molar-refractivity contribution is -0.129. The molecule has 0 radical (unpaired) electrons. The predicted molar refractivity (Wildman–Crippen MR) is 91.9 cm³/mol. The minimum Gasteiger partial charge on any atom is -0.371 e. The van der Waals surface area contributed by atoms with E-state index in [4.69, 9.17) is 21.4 Å². The number of epoxide rings is 1. The van der Waals surface area contributed by atoms with Gasteiger partial charge in [-0.15, -0.1) is 0 Å². The first-order valence-electron chi connectivity index (χ1n) is 8.25. The Hall–Kier alpha value is -1.85. The molecule has 1 unspecified atom stereocenters. The van der Waals surface area contributed by atoms with Crippen molar-refractivity contribution in [3.05, 3.63) is 40.0 Å². The maximum absolute atomic E-state index is 11.8. The minimum absolute atomic E-state index is 0.108. The quantitative estimate of drug-likeness (QED) is 0.804. The number of hydrogen-bond donors (Lipinski definition) is 0. The summed E-state index contributed by atoms with van der Waals surface area (Å²) < 4.78 is 7.44. The van der Waals surface area contributed by atoms with Crippen LogP contribution < -0.4 is 0 Å². The molecule has 2 aromatic rings. The predicted octanol–water partition coefficient (Wildman–Crippen LogP) is 2.82. The summed E-state index contributed by atoms with van der Waals surface area (Å²) in [6, 6.07) is 5.98. The second-order valence-electron chi connectivity index (χ2n) is 6.57. The van der Waals surface area contributed by atoms with Crippen molar-refractivity contribution in [3.63, 3.8) is 0 Å². The van der Waals surface area contributed by atoms with E-state index in [0.717, 1.165) is 53.5 Å². The fraction of sp³-hybridized carbons (Fsp3) is 0.444. The number of fused-ring (bicyclic) bond motifs is 1. The molecule has 0 N–H and O–H groups in total. The number of carbonyl (C=O) groups is 1. The first kappa shape index (κ1) is 15.7. The molecule has 1 aromatic heterocycles. The van der Waals surface area contributed by atoms with Gasteiger partial charge in [-0.3, -0.25) is 9.48 Å². The molecule has 24 heavy (non-hydrogen) atoms. The first-order chi connectivity index (χ1) is 11.5. The van der Waals surface area contributed by atoms with E-state index >= 15 is 0 Å². The van der Waals surface area contributed by atoms with Crippen molar-refractivity contribution in [1.29, 1.82) is 0 Å². The van der Waals surface area contributed by atoms with E-state index in [2.05, 4.69) is 10.7 Å². The van der Waals surface area contributed by atoms with Crippen molar-refractivity contribution in [2.24, 2.45) is 0 Å². The summed E-state index contributed by atoms with van der Waals surface area (Å²) in [6.07, 6.45) is 1.11. The van der Waals surface area contributed by atoms with E-state index in [1.54, 1.807) is 6.92 Å². The summed E-state index contributed by atoms with van der Waals surface area (Å²) in [5.74, 6) is 0.108. The van der Waals surface area contributed by atoms with E-state index < -0.39 is 0 Å². The Labute approximate surface area is 146 Å². The summed E-state index contributed by atoms with van der Waals surface area (Å²) in [6.45, 7) is 6.58. The van der Waals surface area contributed by atoms with Gasteiger partial charge in [-0.2, -0.15) is 5.10 Å². The first-order valence-corrected chi connectivity index (χ1v) is 8.63. The van der Waals surface area contributed by atoms with E-state index in [1.165, 1.54) is 5.69 Å². The standard InChI is InChI=1S/C18H20ClN3O2/c1-11-7-13(3-4-16(11)19)18-15-9-21(12(2)23)6-5-17(15)22(20-18)8-14-10-24-14/h3-4,7,14H,5-6,8-10H2,1-2H3. The Morgan fingerprint density at radius 1 is 1.46 bits per heavy atom. The Morgan fingerprint density at radius 2 is 2.25 bits per heavy atom. The zero-order valence-electron chi connectivity index (χ0n) is 13.9. The second kappa shape index (κ2) is 5.90. The van der Waals surface area contributed by atoms with E-state index in [9.17, 15) is 4.79 Å². The topological polar surface area (TPSA) is 50.7 Å². The van der Waals surface area contributed by atoms with Crippen molar-refractivity contribution >= 4 is 17.5 Å². The number of halogens is 1. The number of nitrogens with zero attached hydrogens (tertiary/aromatic N) is 3. The van der Waals surface area contributed by atoms with E-state index in [-0.39, 0.29) is 12.0 Å². The van der Waals surface area contributed by atoms with Crippen LogP contribution in [0.25, 0.3) is 11.3 Å². The van der Waals surface area contributed by atoms with Crippen LogP contribution in [-0.2, 0) is 29.0 Å². The summed E-state index contributed by atoms with van der Waals surface area (Å²) in [5.41, 5.74) is 5.41. The van der Waals surface area contributed by atoms with E-state index in [0.29, 0.717) is 6.54 Å². The molecule has 1 saturated heterocycles. The number of rotatable bonds is 3. The lowest BCUT2D eigenvalue weighted by Crippen LogP contribution is -2.34. The van der Waals surface area contributed by atoms with Gasteiger partial charge in [0.2, 0.25) is 5.91 Å². The molecule has 0 saturated carbocycles. The normalized spacial score (nSPS) is 19.3. The summed E-state index contributed by atoms with van der Waals surface area (Å²) >= 11 is 6.16. The number of benzene rings is 1. The summed E-state index contributed by atoms with van der Waals surface area (Å²) in [7, 11) is 0. The average molecular weight is 346 g/mol. The molecule has 2 aliphatic heterocycles. The lowest BCUT2D eigenvalue weighted by Gasteiger charge is -2.26. The highest BCUT2D eigenvalue weighted by Gasteiger charge is 2.30. The molecule has 4 rings (SSSR count). The monoisotopic (exact) mass is 345 g/mol. The van der Waals surface area contributed by atoms with Crippen LogP contribution in [0, 0.1) is 6.92 Å². The number of aromatic nitrogens is 2. The third kappa shape index (κ3) is 2.82. The third-order valence-electron chi connectivity index (χ3n) is 4.79. The van der Waals surface area contributed by atoms with Crippen molar-refractivity contribution in [2.45, 2.75) is 39.5 Å². The van der Waals surface area contributed by atoms with Crippen LogP contribution in [0.15, 0.2) is 18.2 Å². The highest BCUT2D eigenvalue weighted by Crippen LogP contribution is 2.32. The van der Waals surface area contributed by atoms with Crippen LogP contribution in [0.4, 0.5) is 0 Å². The SMILES string of the molecule is CC(=O)N1CCc2c(c(-c3ccc(Cl)c(C)c3)nn2CC2CO2)C1. The molecule has 1 aromatic carbocycles. The van der Waals surface area contributed by atoms with Gasteiger partial charge in [0, 0.05) is 48.3 Å². The van der Waals surface area contributed by atoms with Gasteiger partial charge in [-0.1, -0.05) is 17.7 Å². The van der Waals surface area contributed by atoms with Crippen LogP contribution in [0.2, 0.25) is 5.02 Å². The molecule has 6 heteroatoms. The molecule has 0 spiro atoms. The van der Waals surface area contributed by atoms with Crippen LogP contribution in [0.5, 0.6) is 0 Å². The number of hydrogen-bond acceptors (Lipinski definition) is 3. The largest absolute Gasteiger partial charge is 0.371 e. The van der Waals surface area contributed by atoms with Crippen LogP contribution >= 0.6 is 11.6 Å². The molecule has 0 bridgehead atoms. The molecule has 126 valence electrons. The highest BCUT2D eigenvalue weighted by atomic mass is 35.5. The average Bonchev–Trinajstić information content (AvgIpc) is 3.30. The van der Waals surface area contributed by atoms with Gasteiger partial charge < -0.3 is 9.64 Å². The zero-order chi connectivity index (χ0) is 16.8. The maximum Gasteiger partial charge on any atom is 0.219 e. The van der Waals surface area contributed by atoms with Gasteiger partial charge in [0.25, 0.3) is 0 Å². The Bertz CT molecular complexity index is 811. The van der Waals surface area contributed by atoms with Crippen LogP contribution in [0.1, 0.15) is 23.7 Å². The van der Waals surface area contributed by atoms with Gasteiger partial charge in [0.05, 0.1) is 18.8 Å². The van der Waals surface area contributed by atoms with E-state index in [1.807, 2.05) is 24.0 Å². The van der Waals surface area contributed by atoms with Gasteiger partial charge in [0.15, 0.2) is 0 Å². The maximum atomic E-state index is 11.8. The number of aryl methyl sites for hydroxylation is 1. The van der Waals surface area contributed by atoms with Gasteiger partial charge >= 0.3 is 0 Å². The molecule has 0 aliphatic carbocycles. The molecule has 3 heterocycles. The van der Waals surface area contributed by atoms with Gasteiger partial charge in [-0.05, 0) is 24.6 Å². The zero-order valence-corrected chi connectivity index (χ0v) is 14.6. The molecular weight excluding hydrogens is 326 g/mol. The summed E-state index contributed by atoms with van der Waals surface area (Å²) in [5, 5.41) is 5.62. The lowest BCUT2D eigenvalue weighted by atomic mass is 10.00. The Morgan fingerprint density at radius 3 is 2.92 bits per heavy atom. The number of amides is 1. The van der Waals surface area contributed by atoms with Crippen molar-refractivity contribution < 1.29 is 9.53 Å². The second-order valence-corrected chi connectivity index (χ2v) is 6.97. The van der Waals surface area contributed by atoms with Crippen molar-refractivity contribution in [1.82, 2.24) is 14.7 Å². The fourth-order valence-corrected chi connectivity index (χ4v) is 3.42. The summed E-state index contributed by atoms with van der Waals surface area (Å²) in [4.78, 5) is 13.7. The molecule has 1 fully saturated rings. The molecule has 1 amide bonds. The Balaban J connectivity index is 1.78. The molecular formula is C18H20ClN3O2. The Kier molecular flexibility index (Phi) is 3.85. The highest BCUT2D eigenvalue weighted by molar-refractivity contribution is 6.31. The van der Waals surface area contributed by atoms with Gasteiger partial charge in [0.1, 0.15) is 6.10 Å². The van der Waals surface area contributed by atoms with Gasteiger partial charge in [-0.25, -0.2) is 0 Å². The van der Waals surface area contributed by atoms with Crippen molar-refractivity contribution in [3.8, 4) is 11.3 Å².